The molecule has 0 heterocycles. The number of carboxylic acids is 1. The number of aliphatic carboxylic acids is 1. The van der Waals surface area contributed by atoms with Gasteiger partial charge in [0.05, 0.1) is 6.54 Å². The van der Waals surface area contributed by atoms with Gasteiger partial charge in [0.25, 0.3) is 0 Å². The van der Waals surface area contributed by atoms with Gasteiger partial charge in [-0.15, -0.1) is 17.0 Å². The number of hydrogen-bond acceptors (Lipinski definition) is 3. The number of amides is 1. The predicted octanol–water partition coefficient (Wildman–Crippen LogP) is -1.71. The number of carbonyl (C=O) groups is 2. The fourth-order valence-corrected chi connectivity index (χ4v) is 0.362. The van der Waals surface area contributed by atoms with Gasteiger partial charge in [-0.3, -0.25) is 9.59 Å². The van der Waals surface area contributed by atoms with Crippen molar-refractivity contribution in [3.63, 3.8) is 0 Å². The first-order chi connectivity index (χ1) is 4.57. The average Bonchev–Trinajstić information content (AvgIpc) is 1.87. The summed E-state index contributed by atoms with van der Waals surface area (Å²) in [5.41, 5.74) is 4.92. The van der Waals surface area contributed by atoms with Crippen LogP contribution in [0.2, 0.25) is 0 Å². The molecule has 12 heavy (non-hydrogen) atoms. The number of rotatable bonds is 3. The summed E-state index contributed by atoms with van der Waals surface area (Å²) in [7, 11) is 0. The van der Waals surface area contributed by atoms with Gasteiger partial charge in [-0.25, -0.2) is 0 Å². The van der Waals surface area contributed by atoms with Crippen LogP contribution in [0.25, 0.3) is 0 Å². The van der Waals surface area contributed by atoms with Crippen LogP contribution in [0, 0.1) is 0 Å². The molecule has 0 radical (unpaired) electrons. The predicted molar refractivity (Wildman–Crippen MR) is 48.2 cm³/mol. The molecule has 1 atom stereocenters. The molecule has 6 N–H and O–H groups in total. The Morgan fingerprint density at radius 1 is 1.58 bits per heavy atom. The molecule has 0 aliphatic heterocycles. The lowest BCUT2D eigenvalue weighted by molar-refractivity contribution is -0.141. The molecular weight excluding hydrogens is 232 g/mol. The molecule has 0 aromatic heterocycles. The van der Waals surface area contributed by atoms with Gasteiger partial charge >= 0.3 is 5.97 Å². The highest BCUT2D eigenvalue weighted by Gasteiger charge is 2.11. The van der Waals surface area contributed by atoms with Crippen LogP contribution in [-0.2, 0) is 9.59 Å². The van der Waals surface area contributed by atoms with Crippen LogP contribution in [0.15, 0.2) is 0 Å². The highest BCUT2D eigenvalue weighted by Crippen LogP contribution is 1.78. The fourth-order valence-electron chi connectivity index (χ4n) is 0.362. The van der Waals surface area contributed by atoms with Crippen LogP contribution >= 0.6 is 17.0 Å². The number of carbonyl (C=O) groups excluding carboxylic acids is 1. The van der Waals surface area contributed by atoms with Crippen molar-refractivity contribution in [2.75, 3.05) is 6.54 Å². The Kier molecular flexibility index (Phi) is 12.3. The third kappa shape index (κ3) is 7.45. The van der Waals surface area contributed by atoms with Crippen molar-refractivity contribution in [3.05, 3.63) is 0 Å². The maximum atomic E-state index is 10.4. The van der Waals surface area contributed by atoms with E-state index in [1.807, 2.05) is 0 Å². The van der Waals surface area contributed by atoms with Crippen LogP contribution in [0.1, 0.15) is 6.92 Å². The molecule has 0 spiro atoms. The van der Waals surface area contributed by atoms with E-state index in [9.17, 15) is 9.59 Å². The second-order valence-corrected chi connectivity index (χ2v) is 1.83. The molecule has 0 aliphatic rings. The molecule has 0 aliphatic carbocycles. The van der Waals surface area contributed by atoms with E-state index in [1.165, 1.54) is 6.92 Å². The molecule has 0 rings (SSSR count). The third-order valence-electron chi connectivity index (χ3n) is 0.933. The quantitative estimate of drug-likeness (QED) is 0.547. The van der Waals surface area contributed by atoms with Crippen molar-refractivity contribution in [1.82, 2.24) is 5.32 Å². The maximum Gasteiger partial charge on any atom is 0.325 e. The largest absolute Gasteiger partial charge is 0.480 e. The van der Waals surface area contributed by atoms with Crippen LogP contribution in [0.5, 0.6) is 0 Å². The summed E-state index contributed by atoms with van der Waals surface area (Å²) < 4.78 is 0. The van der Waals surface area contributed by atoms with Crippen molar-refractivity contribution in [1.29, 1.82) is 0 Å². The van der Waals surface area contributed by atoms with E-state index in [2.05, 4.69) is 5.32 Å². The van der Waals surface area contributed by atoms with Gasteiger partial charge in [-0.05, 0) is 6.92 Å². The van der Waals surface area contributed by atoms with E-state index in [0.717, 1.165) is 0 Å². The average molecular weight is 245 g/mol. The monoisotopic (exact) mass is 244 g/mol. The van der Waals surface area contributed by atoms with E-state index in [0.29, 0.717) is 0 Å². The molecule has 0 fully saturated rings. The molecule has 0 saturated heterocycles. The molecule has 0 aromatic rings. The Bertz CT molecular complexity index is 152. The molecule has 0 unspecified atom stereocenters. The topological polar surface area (TPSA) is 124 Å². The molecule has 7 heteroatoms. The summed E-state index contributed by atoms with van der Waals surface area (Å²) in [4.78, 5) is 20.5. The van der Waals surface area contributed by atoms with E-state index >= 15 is 0 Å². The first-order valence-corrected chi connectivity index (χ1v) is 2.80. The molecule has 0 saturated carbocycles. The lowest BCUT2D eigenvalue weighted by Crippen LogP contribution is -2.41. The van der Waals surface area contributed by atoms with Crippen LogP contribution < -0.4 is 11.1 Å². The zero-order valence-electron chi connectivity index (χ0n) is 6.53. The molecule has 1 amide bonds. The molecule has 0 bridgehead atoms. The second-order valence-electron chi connectivity index (χ2n) is 1.83. The number of halogens is 1. The van der Waals surface area contributed by atoms with Crippen LogP contribution in [0.4, 0.5) is 0 Å². The normalized spacial score (nSPS) is 10.2. The van der Waals surface area contributed by atoms with Crippen molar-refractivity contribution >= 4 is 28.9 Å². The summed E-state index contributed by atoms with van der Waals surface area (Å²) in [6.07, 6.45) is 0. The van der Waals surface area contributed by atoms with Gasteiger partial charge in [0.2, 0.25) is 5.91 Å². The van der Waals surface area contributed by atoms with Crippen LogP contribution in [0.3, 0.4) is 0 Å². The van der Waals surface area contributed by atoms with Crippen molar-refractivity contribution in [2.24, 2.45) is 5.73 Å². The summed E-state index contributed by atoms with van der Waals surface area (Å²) in [5.74, 6) is -1.53. The van der Waals surface area contributed by atoms with Gasteiger partial charge in [0.1, 0.15) is 6.04 Å². The fraction of sp³-hybridized carbons (Fsp3) is 0.600. The summed E-state index contributed by atoms with van der Waals surface area (Å²) >= 11 is 0. The highest BCUT2D eigenvalue weighted by atomic mass is 79.9. The Balaban J connectivity index is -0.000000405. The summed E-state index contributed by atoms with van der Waals surface area (Å²) in [5, 5.41) is 10.4. The van der Waals surface area contributed by atoms with Crippen molar-refractivity contribution in [2.45, 2.75) is 13.0 Å². The maximum absolute atomic E-state index is 10.4. The lowest BCUT2D eigenvalue weighted by atomic mass is 10.3. The SMILES string of the molecule is Br.C[C@H](NC(=O)CN)C(=O)O.O. The molecule has 6 nitrogen and oxygen atoms in total. The van der Waals surface area contributed by atoms with Gasteiger partial charge in [0.15, 0.2) is 0 Å². The number of nitrogens with two attached hydrogens (primary N) is 1. The third-order valence-corrected chi connectivity index (χ3v) is 0.933. The van der Waals surface area contributed by atoms with E-state index in [-0.39, 0.29) is 29.0 Å². The van der Waals surface area contributed by atoms with E-state index in [4.69, 9.17) is 10.8 Å². The number of carboxylic acid groups (broad SMARTS) is 1. The zero-order valence-corrected chi connectivity index (χ0v) is 8.25. The smallest absolute Gasteiger partial charge is 0.325 e. The minimum Gasteiger partial charge on any atom is -0.480 e. The number of nitrogens with one attached hydrogen (secondary N) is 1. The van der Waals surface area contributed by atoms with Crippen molar-refractivity contribution < 1.29 is 20.2 Å². The van der Waals surface area contributed by atoms with Gasteiger partial charge in [0, 0.05) is 0 Å². The Hall–Kier alpha value is -0.660. The first kappa shape index (κ1) is 17.4. The molecular formula is C5H13BrN2O4. The van der Waals surface area contributed by atoms with E-state index < -0.39 is 17.9 Å². The molecule has 74 valence electrons. The highest BCUT2D eigenvalue weighted by molar-refractivity contribution is 8.93. The van der Waals surface area contributed by atoms with Gasteiger partial charge in [-0.1, -0.05) is 0 Å². The zero-order chi connectivity index (χ0) is 8.15. The van der Waals surface area contributed by atoms with Gasteiger partial charge < -0.3 is 21.6 Å². The Morgan fingerprint density at radius 3 is 2.25 bits per heavy atom. The summed E-state index contributed by atoms with van der Waals surface area (Å²) in [6.45, 7) is 1.19. The second kappa shape index (κ2) is 8.44. The Labute approximate surface area is 80.2 Å². The standard InChI is InChI=1S/C5H10N2O3.BrH.H2O/c1-3(5(9)10)7-4(8)2-6;;/h3H,2,6H2,1H3,(H,7,8)(H,9,10);1H;1H2/t3-;;/m0../s1. The molecule has 0 aromatic carbocycles. The number of hydrogen-bond donors (Lipinski definition) is 3. The van der Waals surface area contributed by atoms with Crippen LogP contribution in [-0.4, -0.2) is 35.0 Å². The first-order valence-electron chi connectivity index (χ1n) is 2.80. The summed E-state index contributed by atoms with van der Waals surface area (Å²) in [6, 6.07) is -0.865. The lowest BCUT2D eigenvalue weighted by Gasteiger charge is -2.06. The van der Waals surface area contributed by atoms with Gasteiger partial charge in [-0.2, -0.15) is 0 Å². The van der Waals surface area contributed by atoms with E-state index in [1.54, 1.807) is 0 Å². The van der Waals surface area contributed by atoms with Crippen molar-refractivity contribution in [3.8, 4) is 0 Å². The minimum absolute atomic E-state index is 0. The minimum atomic E-state index is -1.07. The Morgan fingerprint density at radius 2 is 2.00 bits per heavy atom.